The van der Waals surface area contributed by atoms with Crippen molar-refractivity contribution in [3.05, 3.63) is 0 Å². The Bertz CT molecular complexity index is 214. The molecule has 0 aromatic rings. The number of ether oxygens (including phenoxy) is 1. The fourth-order valence-corrected chi connectivity index (χ4v) is 2.51. The maximum Gasteiger partial charge on any atom is 0.0829 e. The van der Waals surface area contributed by atoms with E-state index in [1.807, 2.05) is 0 Å². The predicted molar refractivity (Wildman–Crippen MR) is 64.5 cm³/mol. The van der Waals surface area contributed by atoms with Crippen molar-refractivity contribution in [3.63, 3.8) is 0 Å². The van der Waals surface area contributed by atoms with Gasteiger partial charge >= 0.3 is 0 Å². The Morgan fingerprint density at radius 3 is 3.06 bits per heavy atom. The number of rotatable bonds is 3. The molecule has 2 unspecified atom stereocenters. The number of hydrogen-bond acceptors (Lipinski definition) is 5. The molecule has 2 fully saturated rings. The van der Waals surface area contributed by atoms with Crippen molar-refractivity contribution in [2.24, 2.45) is 5.73 Å². The first kappa shape index (κ1) is 12.3. The highest BCUT2D eigenvalue weighted by Gasteiger charge is 2.26. The Morgan fingerprint density at radius 2 is 2.31 bits per heavy atom. The molecule has 16 heavy (non-hydrogen) atoms. The summed E-state index contributed by atoms with van der Waals surface area (Å²) in [6.07, 6.45) is 0.353. The van der Waals surface area contributed by atoms with Gasteiger partial charge in [0, 0.05) is 51.9 Å². The molecule has 3 N–H and O–H groups in total. The second-order valence-corrected chi connectivity index (χ2v) is 4.84. The number of hydrogen-bond donors (Lipinski definition) is 2. The third kappa shape index (κ3) is 3.15. The molecule has 5 nitrogen and oxygen atoms in total. The van der Waals surface area contributed by atoms with Gasteiger partial charge in [-0.05, 0) is 7.05 Å². The van der Waals surface area contributed by atoms with Gasteiger partial charge in [0.2, 0.25) is 0 Å². The number of nitrogens with one attached hydrogen (secondary N) is 1. The monoisotopic (exact) mass is 228 g/mol. The minimum atomic E-state index is 0.353. The van der Waals surface area contributed by atoms with Crippen molar-refractivity contribution < 1.29 is 4.74 Å². The molecule has 0 spiro atoms. The maximum absolute atomic E-state index is 5.80. The fourth-order valence-electron chi connectivity index (χ4n) is 2.51. The second kappa shape index (κ2) is 5.93. The fraction of sp³-hybridized carbons (Fsp3) is 1.00. The smallest absolute Gasteiger partial charge is 0.0829 e. The van der Waals surface area contributed by atoms with Crippen molar-refractivity contribution in [2.45, 2.75) is 12.1 Å². The van der Waals surface area contributed by atoms with Gasteiger partial charge in [0.25, 0.3) is 0 Å². The molecule has 2 aliphatic heterocycles. The Labute approximate surface area is 97.9 Å². The topological polar surface area (TPSA) is 53.8 Å². The van der Waals surface area contributed by atoms with Crippen LogP contribution in [-0.2, 0) is 4.74 Å². The minimum absolute atomic E-state index is 0.353. The minimum Gasteiger partial charge on any atom is -0.374 e. The van der Waals surface area contributed by atoms with E-state index < -0.39 is 0 Å². The molecule has 0 aromatic heterocycles. The van der Waals surface area contributed by atoms with Crippen LogP contribution in [0.15, 0.2) is 0 Å². The Morgan fingerprint density at radius 1 is 1.44 bits per heavy atom. The van der Waals surface area contributed by atoms with Crippen LogP contribution in [0.5, 0.6) is 0 Å². The van der Waals surface area contributed by atoms with E-state index in [0.717, 1.165) is 52.4 Å². The summed E-state index contributed by atoms with van der Waals surface area (Å²) >= 11 is 0. The van der Waals surface area contributed by atoms with Gasteiger partial charge in [0.1, 0.15) is 0 Å². The van der Waals surface area contributed by atoms with E-state index in [9.17, 15) is 0 Å². The number of likely N-dealkylation sites (N-methyl/N-ethyl adjacent to an activating group) is 1. The van der Waals surface area contributed by atoms with Gasteiger partial charge < -0.3 is 20.7 Å². The lowest BCUT2D eigenvalue weighted by molar-refractivity contribution is -0.0431. The summed E-state index contributed by atoms with van der Waals surface area (Å²) in [5.74, 6) is 0. The largest absolute Gasteiger partial charge is 0.374 e. The molecule has 94 valence electrons. The maximum atomic E-state index is 5.80. The van der Waals surface area contributed by atoms with Gasteiger partial charge in [-0.15, -0.1) is 0 Å². The highest BCUT2D eigenvalue weighted by molar-refractivity contribution is 4.83. The number of nitrogens with zero attached hydrogens (tertiary/aromatic N) is 2. The van der Waals surface area contributed by atoms with Crippen LogP contribution in [0.1, 0.15) is 0 Å². The number of morpholine rings is 1. The van der Waals surface area contributed by atoms with Gasteiger partial charge in [-0.1, -0.05) is 0 Å². The summed E-state index contributed by atoms with van der Waals surface area (Å²) in [5, 5.41) is 3.39. The molecular weight excluding hydrogens is 204 g/mol. The standard InChI is InChI=1S/C11H24N4O/c1-14-4-5-16-11(8-14)9-15-3-2-13-7-10(15)6-12/h10-11,13H,2-9,12H2,1H3. The predicted octanol–water partition coefficient (Wildman–Crippen LogP) is -1.45. The number of piperazine rings is 1. The van der Waals surface area contributed by atoms with Crippen molar-refractivity contribution in [1.82, 2.24) is 15.1 Å². The third-order valence-corrected chi connectivity index (χ3v) is 3.52. The van der Waals surface area contributed by atoms with E-state index in [1.165, 1.54) is 0 Å². The molecule has 2 atom stereocenters. The van der Waals surface area contributed by atoms with Gasteiger partial charge in [-0.25, -0.2) is 0 Å². The average molecular weight is 228 g/mol. The van der Waals surface area contributed by atoms with Crippen LogP contribution in [0.4, 0.5) is 0 Å². The van der Waals surface area contributed by atoms with E-state index in [1.54, 1.807) is 0 Å². The third-order valence-electron chi connectivity index (χ3n) is 3.52. The lowest BCUT2D eigenvalue weighted by Gasteiger charge is -2.39. The number of nitrogens with two attached hydrogens (primary N) is 1. The zero-order chi connectivity index (χ0) is 11.4. The highest BCUT2D eigenvalue weighted by Crippen LogP contribution is 2.09. The van der Waals surface area contributed by atoms with Gasteiger partial charge in [0.15, 0.2) is 0 Å². The van der Waals surface area contributed by atoms with Crippen LogP contribution in [0, 0.1) is 0 Å². The lowest BCUT2D eigenvalue weighted by atomic mass is 10.1. The van der Waals surface area contributed by atoms with E-state index in [0.29, 0.717) is 12.1 Å². The van der Waals surface area contributed by atoms with Gasteiger partial charge in [-0.2, -0.15) is 0 Å². The second-order valence-electron chi connectivity index (χ2n) is 4.84. The average Bonchev–Trinajstić information content (AvgIpc) is 2.30. The summed E-state index contributed by atoms with van der Waals surface area (Å²) < 4.78 is 5.80. The van der Waals surface area contributed by atoms with Crippen LogP contribution in [0.3, 0.4) is 0 Å². The Kier molecular flexibility index (Phi) is 4.55. The molecule has 2 rings (SSSR count). The quantitative estimate of drug-likeness (QED) is 0.619. The van der Waals surface area contributed by atoms with Crippen LogP contribution in [-0.4, -0.2) is 81.4 Å². The first-order valence-electron chi connectivity index (χ1n) is 6.24. The van der Waals surface area contributed by atoms with Crippen LogP contribution in [0.2, 0.25) is 0 Å². The molecule has 2 heterocycles. The SMILES string of the molecule is CN1CCOC(CN2CCNCC2CN)C1. The van der Waals surface area contributed by atoms with Crippen molar-refractivity contribution in [3.8, 4) is 0 Å². The first-order chi connectivity index (χ1) is 7.79. The molecule has 0 saturated carbocycles. The zero-order valence-corrected chi connectivity index (χ0v) is 10.2. The molecule has 0 aromatic carbocycles. The van der Waals surface area contributed by atoms with E-state index >= 15 is 0 Å². The van der Waals surface area contributed by atoms with Crippen molar-refractivity contribution in [2.75, 3.05) is 59.5 Å². The molecule has 0 amide bonds. The van der Waals surface area contributed by atoms with Crippen molar-refractivity contribution in [1.29, 1.82) is 0 Å². The molecule has 0 bridgehead atoms. The molecule has 2 saturated heterocycles. The van der Waals surface area contributed by atoms with E-state index in [-0.39, 0.29) is 0 Å². The lowest BCUT2D eigenvalue weighted by Crippen LogP contribution is -2.57. The summed E-state index contributed by atoms with van der Waals surface area (Å²) in [4.78, 5) is 4.81. The molecule has 0 aliphatic carbocycles. The van der Waals surface area contributed by atoms with Crippen LogP contribution < -0.4 is 11.1 Å². The van der Waals surface area contributed by atoms with Crippen LogP contribution >= 0.6 is 0 Å². The Balaban J connectivity index is 1.82. The zero-order valence-electron chi connectivity index (χ0n) is 10.2. The van der Waals surface area contributed by atoms with Crippen LogP contribution in [0.25, 0.3) is 0 Å². The Hall–Kier alpha value is -0.200. The van der Waals surface area contributed by atoms with E-state index in [2.05, 4.69) is 22.2 Å². The van der Waals surface area contributed by atoms with Gasteiger partial charge in [0.05, 0.1) is 12.7 Å². The summed E-state index contributed by atoms with van der Waals surface area (Å²) in [6.45, 7) is 7.88. The highest BCUT2D eigenvalue weighted by atomic mass is 16.5. The normalized spacial score (nSPS) is 34.1. The van der Waals surface area contributed by atoms with Crippen molar-refractivity contribution >= 4 is 0 Å². The molecule has 5 heteroatoms. The molecular formula is C11H24N4O. The summed E-state index contributed by atoms with van der Waals surface area (Å²) in [6, 6.07) is 0.476. The molecule has 2 aliphatic rings. The first-order valence-corrected chi connectivity index (χ1v) is 6.24. The summed E-state index contributed by atoms with van der Waals surface area (Å²) in [7, 11) is 2.16. The van der Waals surface area contributed by atoms with E-state index in [4.69, 9.17) is 10.5 Å². The molecule has 0 radical (unpaired) electrons. The summed E-state index contributed by atoms with van der Waals surface area (Å²) in [5.41, 5.74) is 5.79. The van der Waals surface area contributed by atoms with Gasteiger partial charge in [-0.3, -0.25) is 4.90 Å².